The number of nitrogens with one attached hydrogen (secondary N) is 1. The van der Waals surface area contributed by atoms with E-state index in [4.69, 9.17) is 9.47 Å². The third kappa shape index (κ3) is 4.13. The summed E-state index contributed by atoms with van der Waals surface area (Å²) >= 11 is 3.37. The van der Waals surface area contributed by atoms with Crippen molar-refractivity contribution in [2.75, 3.05) is 13.2 Å². The molecule has 7 heteroatoms. The number of ketones is 1. The average molecular weight is 478 g/mol. The molecule has 1 heterocycles. The molecule has 3 rings (SSSR count). The Morgan fingerprint density at radius 2 is 2.00 bits per heavy atom. The molecule has 0 fully saturated rings. The molecule has 0 saturated carbocycles. The fourth-order valence-electron chi connectivity index (χ4n) is 4.35. The fourth-order valence-corrected chi connectivity index (χ4v) is 4.81. The monoisotopic (exact) mass is 477 g/mol. The van der Waals surface area contributed by atoms with Crippen molar-refractivity contribution in [3.8, 4) is 11.5 Å². The van der Waals surface area contributed by atoms with Crippen LogP contribution in [0.15, 0.2) is 40.2 Å². The van der Waals surface area contributed by atoms with Crippen LogP contribution in [0.3, 0.4) is 0 Å². The van der Waals surface area contributed by atoms with Gasteiger partial charge in [-0.3, -0.25) is 9.59 Å². The molecule has 1 aromatic rings. The highest BCUT2D eigenvalue weighted by Crippen LogP contribution is 2.50. The van der Waals surface area contributed by atoms with Crippen LogP contribution in [0.1, 0.15) is 52.0 Å². The summed E-state index contributed by atoms with van der Waals surface area (Å²) in [5.74, 6) is -1.51. The summed E-state index contributed by atoms with van der Waals surface area (Å²) in [6, 6.07) is 3.42. The van der Waals surface area contributed by atoms with E-state index < -0.39 is 17.8 Å². The summed E-state index contributed by atoms with van der Waals surface area (Å²) in [6.07, 6.45) is 1.07. The van der Waals surface area contributed by atoms with Crippen LogP contribution < -0.4 is 10.1 Å². The standard InChI is InChI=1S/C23H28BrNO5/c1-6-29-17-9-13(8-14(24)21(17)27)19-18(22(28)30-7-2)12(3)25-15-10-23(4,5)11-16(26)20(15)19/h8-9,18-19,25,27H,3,6-7,10-11H2,1-2,4-5H3. The maximum atomic E-state index is 13.3. The number of hydrogen-bond donors (Lipinski definition) is 2. The lowest BCUT2D eigenvalue weighted by Gasteiger charge is -2.42. The molecule has 1 aromatic carbocycles. The van der Waals surface area contributed by atoms with Gasteiger partial charge in [0.2, 0.25) is 0 Å². The van der Waals surface area contributed by atoms with Gasteiger partial charge >= 0.3 is 5.97 Å². The Morgan fingerprint density at radius 3 is 2.63 bits per heavy atom. The van der Waals surface area contributed by atoms with Crippen molar-refractivity contribution in [1.82, 2.24) is 5.32 Å². The van der Waals surface area contributed by atoms with E-state index in [1.807, 2.05) is 6.92 Å². The van der Waals surface area contributed by atoms with E-state index in [1.54, 1.807) is 19.1 Å². The van der Waals surface area contributed by atoms with Gasteiger partial charge < -0.3 is 19.9 Å². The first-order valence-corrected chi connectivity index (χ1v) is 10.9. The van der Waals surface area contributed by atoms with Crippen molar-refractivity contribution in [3.05, 3.63) is 45.7 Å². The van der Waals surface area contributed by atoms with Crippen LogP contribution in [0, 0.1) is 11.3 Å². The lowest BCUT2D eigenvalue weighted by Crippen LogP contribution is -2.43. The molecule has 0 bridgehead atoms. The maximum absolute atomic E-state index is 13.3. The van der Waals surface area contributed by atoms with Crippen molar-refractivity contribution in [1.29, 1.82) is 0 Å². The van der Waals surface area contributed by atoms with Gasteiger partial charge in [-0.2, -0.15) is 0 Å². The number of carbonyl (C=O) groups excluding carboxylic acids is 2. The van der Waals surface area contributed by atoms with Crippen LogP contribution >= 0.6 is 15.9 Å². The van der Waals surface area contributed by atoms with Crippen LogP contribution in [0.25, 0.3) is 0 Å². The van der Waals surface area contributed by atoms with Gasteiger partial charge in [-0.1, -0.05) is 20.4 Å². The minimum Gasteiger partial charge on any atom is -0.503 e. The lowest BCUT2D eigenvalue weighted by atomic mass is 9.66. The Labute approximate surface area is 185 Å². The van der Waals surface area contributed by atoms with Gasteiger partial charge in [0, 0.05) is 29.3 Å². The van der Waals surface area contributed by atoms with Gasteiger partial charge in [0.05, 0.1) is 17.7 Å². The predicted molar refractivity (Wildman–Crippen MR) is 117 cm³/mol. The van der Waals surface area contributed by atoms with E-state index >= 15 is 0 Å². The van der Waals surface area contributed by atoms with Crippen LogP contribution in [-0.4, -0.2) is 30.1 Å². The zero-order chi connectivity index (χ0) is 22.2. The minimum atomic E-state index is -0.764. The molecule has 162 valence electrons. The van der Waals surface area contributed by atoms with Gasteiger partial charge in [-0.05, 0) is 59.3 Å². The molecule has 2 atom stereocenters. The van der Waals surface area contributed by atoms with Crippen molar-refractivity contribution in [3.63, 3.8) is 0 Å². The third-order valence-electron chi connectivity index (χ3n) is 5.50. The van der Waals surface area contributed by atoms with Gasteiger partial charge in [0.15, 0.2) is 17.3 Å². The van der Waals surface area contributed by atoms with E-state index in [0.29, 0.717) is 46.5 Å². The Kier molecular flexibility index (Phi) is 6.32. The van der Waals surface area contributed by atoms with Gasteiger partial charge in [0.25, 0.3) is 0 Å². The van der Waals surface area contributed by atoms with Crippen LogP contribution in [0.4, 0.5) is 0 Å². The molecule has 6 nitrogen and oxygen atoms in total. The molecule has 1 aliphatic carbocycles. The van der Waals surface area contributed by atoms with E-state index in [9.17, 15) is 14.7 Å². The quantitative estimate of drug-likeness (QED) is 0.603. The number of Topliss-reactive ketones (excluding diaryl/α,β-unsaturated/α-hetero) is 1. The van der Waals surface area contributed by atoms with Crippen molar-refractivity contribution in [2.45, 2.75) is 46.5 Å². The highest BCUT2D eigenvalue weighted by Gasteiger charge is 2.47. The van der Waals surface area contributed by atoms with Crippen molar-refractivity contribution >= 4 is 27.7 Å². The average Bonchev–Trinajstić information content (AvgIpc) is 2.63. The number of ether oxygens (including phenoxy) is 2. The zero-order valence-corrected chi connectivity index (χ0v) is 19.4. The molecular formula is C23H28BrNO5. The molecule has 2 N–H and O–H groups in total. The topological polar surface area (TPSA) is 84.9 Å². The normalized spacial score (nSPS) is 23.0. The predicted octanol–water partition coefficient (Wildman–Crippen LogP) is 4.58. The lowest BCUT2D eigenvalue weighted by molar-refractivity contribution is -0.147. The molecule has 0 aromatic heterocycles. The van der Waals surface area contributed by atoms with Crippen LogP contribution in [-0.2, 0) is 14.3 Å². The number of allylic oxidation sites excluding steroid dienone is 2. The van der Waals surface area contributed by atoms with E-state index in [-0.39, 0.29) is 23.6 Å². The van der Waals surface area contributed by atoms with E-state index in [1.165, 1.54) is 0 Å². The fraction of sp³-hybridized carbons (Fsp3) is 0.478. The summed E-state index contributed by atoms with van der Waals surface area (Å²) < 4.78 is 11.3. The Balaban J connectivity index is 2.22. The molecule has 0 spiro atoms. The van der Waals surface area contributed by atoms with Crippen molar-refractivity contribution < 1.29 is 24.2 Å². The Morgan fingerprint density at radius 1 is 1.30 bits per heavy atom. The largest absolute Gasteiger partial charge is 0.503 e. The minimum absolute atomic E-state index is 0.00251. The smallest absolute Gasteiger partial charge is 0.315 e. The number of phenolic OH excluding ortho intramolecular Hbond substituents is 1. The summed E-state index contributed by atoms with van der Waals surface area (Å²) in [4.78, 5) is 26.2. The van der Waals surface area contributed by atoms with Gasteiger partial charge in [-0.25, -0.2) is 0 Å². The maximum Gasteiger partial charge on any atom is 0.315 e. The molecule has 1 aliphatic heterocycles. The molecule has 0 amide bonds. The first-order chi connectivity index (χ1) is 14.1. The first-order valence-electron chi connectivity index (χ1n) is 10.1. The molecule has 2 aliphatic rings. The third-order valence-corrected chi connectivity index (χ3v) is 6.11. The summed E-state index contributed by atoms with van der Waals surface area (Å²) in [5, 5.41) is 13.6. The number of aromatic hydroxyl groups is 1. The SMILES string of the molecule is C=C1NC2=C(C(=O)CC(C)(C)C2)C(c2cc(Br)c(O)c(OCC)c2)C1C(=O)OCC. The summed E-state index contributed by atoms with van der Waals surface area (Å²) in [6.45, 7) is 12.4. The molecule has 30 heavy (non-hydrogen) atoms. The highest BCUT2D eigenvalue weighted by molar-refractivity contribution is 9.10. The molecular weight excluding hydrogens is 450 g/mol. The van der Waals surface area contributed by atoms with Crippen LogP contribution in [0.2, 0.25) is 0 Å². The second kappa shape index (κ2) is 8.46. The zero-order valence-electron chi connectivity index (χ0n) is 17.8. The number of esters is 1. The van der Waals surface area contributed by atoms with Crippen molar-refractivity contribution in [2.24, 2.45) is 11.3 Å². The summed E-state index contributed by atoms with van der Waals surface area (Å²) in [5.41, 5.74) is 2.39. The molecule has 0 saturated heterocycles. The van der Waals surface area contributed by atoms with Gasteiger partial charge in [0.1, 0.15) is 5.92 Å². The molecule has 2 unspecified atom stereocenters. The van der Waals surface area contributed by atoms with E-state index in [0.717, 1.165) is 5.70 Å². The Hall–Kier alpha value is -2.28. The van der Waals surface area contributed by atoms with Crippen LogP contribution in [0.5, 0.6) is 11.5 Å². The number of carbonyl (C=O) groups is 2. The van der Waals surface area contributed by atoms with Gasteiger partial charge in [-0.15, -0.1) is 0 Å². The molecule has 0 radical (unpaired) electrons. The number of rotatable bonds is 5. The second-order valence-corrected chi connectivity index (χ2v) is 9.33. The number of hydrogen-bond acceptors (Lipinski definition) is 6. The highest BCUT2D eigenvalue weighted by atomic mass is 79.9. The number of phenols is 1. The first kappa shape index (κ1) is 22.4. The van der Waals surface area contributed by atoms with E-state index in [2.05, 4.69) is 41.7 Å². The Bertz CT molecular complexity index is 934. The number of benzene rings is 1. The summed E-state index contributed by atoms with van der Waals surface area (Å²) in [7, 11) is 0. The number of halogens is 1. The second-order valence-electron chi connectivity index (χ2n) is 8.47.